The number of amides is 1. The van der Waals surface area contributed by atoms with Crippen molar-refractivity contribution in [1.29, 1.82) is 0 Å². The molecule has 10 nitrogen and oxygen atoms in total. The fraction of sp³-hybridized carbons (Fsp3) is 0.429. The van der Waals surface area contributed by atoms with Gasteiger partial charge < -0.3 is 20.4 Å². The topological polar surface area (TPSA) is 116 Å². The van der Waals surface area contributed by atoms with Gasteiger partial charge in [0.15, 0.2) is 11.6 Å². The van der Waals surface area contributed by atoms with Gasteiger partial charge in [-0.3, -0.25) is 14.6 Å². The first-order valence-electron chi connectivity index (χ1n) is 13.3. The van der Waals surface area contributed by atoms with Crippen LogP contribution < -0.4 is 10.6 Å². The molecule has 0 radical (unpaired) electrons. The van der Waals surface area contributed by atoms with Crippen LogP contribution in [0, 0.1) is 5.82 Å². The van der Waals surface area contributed by atoms with Crippen LogP contribution in [0.3, 0.4) is 0 Å². The zero-order valence-corrected chi connectivity index (χ0v) is 22.3. The summed E-state index contributed by atoms with van der Waals surface area (Å²) in [7, 11) is 0. The third kappa shape index (κ3) is 4.81. The Bertz CT molecular complexity index is 1520. The van der Waals surface area contributed by atoms with Gasteiger partial charge in [-0.1, -0.05) is 0 Å². The third-order valence-corrected chi connectivity index (χ3v) is 7.95. The zero-order chi connectivity index (χ0) is 27.1. The van der Waals surface area contributed by atoms with Crippen molar-refractivity contribution in [2.75, 3.05) is 57.4 Å². The van der Waals surface area contributed by atoms with E-state index in [1.54, 1.807) is 12.3 Å². The molecule has 0 aliphatic carbocycles. The molecule has 2 aliphatic heterocycles. The summed E-state index contributed by atoms with van der Waals surface area (Å²) in [6.07, 6.45) is 1.79. The number of ether oxygens (including phenoxy) is 1. The Kier molecular flexibility index (Phi) is 6.66. The summed E-state index contributed by atoms with van der Waals surface area (Å²) in [6, 6.07) is 8.95. The van der Waals surface area contributed by atoms with Crippen LogP contribution in [-0.2, 0) is 16.1 Å². The van der Waals surface area contributed by atoms with Gasteiger partial charge >= 0.3 is 0 Å². The second kappa shape index (κ2) is 10.1. The van der Waals surface area contributed by atoms with Gasteiger partial charge in [-0.25, -0.2) is 19.3 Å². The molecule has 3 aromatic heterocycles. The SMILES string of the molecule is CC(C)(C(N)=O)N1CCN(Cc2ccc3nc(-c4c(F)ccc5[nH]ccc45)nc(N4CCOCC4)c3n2)CC1. The number of aromatic amines is 1. The Morgan fingerprint density at radius 3 is 2.54 bits per heavy atom. The van der Waals surface area contributed by atoms with Gasteiger partial charge in [0, 0.05) is 62.9 Å². The largest absolute Gasteiger partial charge is 0.378 e. The summed E-state index contributed by atoms with van der Waals surface area (Å²) in [5, 5.41) is 0.741. The zero-order valence-electron chi connectivity index (χ0n) is 22.3. The molecule has 6 rings (SSSR count). The van der Waals surface area contributed by atoms with Crippen LogP contribution >= 0.6 is 0 Å². The summed E-state index contributed by atoms with van der Waals surface area (Å²) >= 11 is 0. The van der Waals surface area contributed by atoms with Gasteiger partial charge in [-0.15, -0.1) is 0 Å². The monoisotopic (exact) mass is 532 g/mol. The van der Waals surface area contributed by atoms with E-state index in [0.717, 1.165) is 42.8 Å². The number of halogens is 1. The average Bonchev–Trinajstić information content (AvgIpc) is 3.42. The highest BCUT2D eigenvalue weighted by molar-refractivity contribution is 5.96. The quantitative estimate of drug-likeness (QED) is 0.389. The molecule has 0 saturated carbocycles. The minimum Gasteiger partial charge on any atom is -0.378 e. The number of benzene rings is 1. The number of morpholine rings is 1. The summed E-state index contributed by atoms with van der Waals surface area (Å²) in [4.78, 5) is 36.3. The average molecular weight is 533 g/mol. The summed E-state index contributed by atoms with van der Waals surface area (Å²) in [5.74, 6) is 0.363. The number of pyridine rings is 1. The molecular weight excluding hydrogens is 499 g/mol. The summed E-state index contributed by atoms with van der Waals surface area (Å²) in [5.41, 5.74) is 8.44. The van der Waals surface area contributed by atoms with Gasteiger partial charge in [0.1, 0.15) is 11.3 Å². The van der Waals surface area contributed by atoms with E-state index in [1.807, 2.05) is 32.0 Å². The molecule has 0 unspecified atom stereocenters. The maximum atomic E-state index is 15.1. The first kappa shape index (κ1) is 25.6. The second-order valence-corrected chi connectivity index (χ2v) is 10.7. The van der Waals surface area contributed by atoms with Crippen molar-refractivity contribution in [2.45, 2.75) is 25.9 Å². The Hall–Kier alpha value is -3.67. The lowest BCUT2D eigenvalue weighted by Gasteiger charge is -2.42. The first-order valence-corrected chi connectivity index (χ1v) is 13.3. The minimum absolute atomic E-state index is 0.310. The van der Waals surface area contributed by atoms with Crippen molar-refractivity contribution < 1.29 is 13.9 Å². The minimum atomic E-state index is -0.667. The van der Waals surface area contributed by atoms with E-state index in [2.05, 4.69) is 19.7 Å². The number of hydrogen-bond donors (Lipinski definition) is 2. The molecule has 2 aliphatic rings. The Morgan fingerprint density at radius 1 is 1.03 bits per heavy atom. The van der Waals surface area contributed by atoms with E-state index in [0.29, 0.717) is 61.1 Å². The fourth-order valence-corrected chi connectivity index (χ4v) is 5.42. The number of aromatic nitrogens is 4. The smallest absolute Gasteiger partial charge is 0.237 e. The van der Waals surface area contributed by atoms with Crippen LogP contribution in [-0.4, -0.2) is 93.7 Å². The first-order chi connectivity index (χ1) is 18.8. The lowest BCUT2D eigenvalue weighted by atomic mass is 10.0. The second-order valence-electron chi connectivity index (χ2n) is 10.7. The molecule has 1 aromatic carbocycles. The number of anilines is 1. The highest BCUT2D eigenvalue weighted by Gasteiger charge is 2.34. The molecule has 39 heavy (non-hydrogen) atoms. The van der Waals surface area contributed by atoms with Crippen LogP contribution in [0.1, 0.15) is 19.5 Å². The van der Waals surface area contributed by atoms with Crippen LogP contribution in [0.2, 0.25) is 0 Å². The molecule has 1 amide bonds. The van der Waals surface area contributed by atoms with Crippen molar-refractivity contribution >= 4 is 33.7 Å². The van der Waals surface area contributed by atoms with Gasteiger partial charge in [0.05, 0.1) is 35.5 Å². The number of fused-ring (bicyclic) bond motifs is 2. The molecule has 204 valence electrons. The normalized spacial score (nSPS) is 17.8. The molecule has 4 aromatic rings. The van der Waals surface area contributed by atoms with Crippen LogP contribution in [0.5, 0.6) is 0 Å². The number of H-pyrrole nitrogens is 1. The maximum absolute atomic E-state index is 15.1. The van der Waals surface area contributed by atoms with Gasteiger partial charge in [-0.05, 0) is 44.2 Å². The fourth-order valence-electron chi connectivity index (χ4n) is 5.42. The van der Waals surface area contributed by atoms with E-state index in [4.69, 9.17) is 25.4 Å². The van der Waals surface area contributed by atoms with E-state index in [9.17, 15) is 4.79 Å². The van der Waals surface area contributed by atoms with Crippen molar-refractivity contribution in [3.05, 3.63) is 48.0 Å². The van der Waals surface area contributed by atoms with E-state index in [-0.39, 0.29) is 11.7 Å². The van der Waals surface area contributed by atoms with Crippen LogP contribution in [0.25, 0.3) is 33.3 Å². The van der Waals surface area contributed by atoms with Crippen molar-refractivity contribution in [2.24, 2.45) is 5.73 Å². The number of nitrogens with one attached hydrogen (secondary N) is 1. The van der Waals surface area contributed by atoms with Gasteiger partial charge in [-0.2, -0.15) is 0 Å². The van der Waals surface area contributed by atoms with Gasteiger partial charge in [0.25, 0.3) is 0 Å². The molecule has 0 bridgehead atoms. The number of nitrogens with two attached hydrogens (primary N) is 1. The molecule has 3 N–H and O–H groups in total. The standard InChI is InChI=1S/C28H33FN8O2/c1-28(2,27(30)38)37-11-9-35(10-12-37)17-18-3-5-22-24(32-18)26(36-13-15-39-16-14-36)34-25(33-22)23-19-7-8-31-21(19)6-4-20(23)29/h3-8,31H,9-17H2,1-2H3,(H2,30,38). The number of piperazine rings is 1. The van der Waals surface area contributed by atoms with Crippen molar-refractivity contribution in [3.63, 3.8) is 0 Å². The predicted molar refractivity (Wildman–Crippen MR) is 148 cm³/mol. The number of nitrogens with zero attached hydrogens (tertiary/aromatic N) is 6. The summed E-state index contributed by atoms with van der Waals surface area (Å²) in [6.45, 7) is 10.1. The Balaban J connectivity index is 1.33. The van der Waals surface area contributed by atoms with Crippen LogP contribution in [0.15, 0.2) is 36.5 Å². The Morgan fingerprint density at radius 2 is 1.79 bits per heavy atom. The number of carbonyl (C=O) groups is 1. The molecule has 0 spiro atoms. The highest BCUT2D eigenvalue weighted by atomic mass is 19.1. The molecular formula is C28H33FN8O2. The molecule has 2 saturated heterocycles. The van der Waals surface area contributed by atoms with E-state index in [1.165, 1.54) is 6.07 Å². The lowest BCUT2D eigenvalue weighted by molar-refractivity contribution is -0.129. The molecule has 2 fully saturated rings. The van der Waals surface area contributed by atoms with E-state index >= 15 is 4.39 Å². The lowest BCUT2D eigenvalue weighted by Crippen LogP contribution is -2.59. The molecule has 0 atom stereocenters. The third-order valence-electron chi connectivity index (χ3n) is 7.95. The van der Waals surface area contributed by atoms with Crippen molar-refractivity contribution in [1.82, 2.24) is 29.7 Å². The maximum Gasteiger partial charge on any atom is 0.237 e. The number of carbonyl (C=O) groups excluding carboxylic acids is 1. The van der Waals surface area contributed by atoms with Crippen molar-refractivity contribution in [3.8, 4) is 11.4 Å². The molecule has 11 heteroatoms. The highest BCUT2D eigenvalue weighted by Crippen LogP contribution is 2.33. The summed E-state index contributed by atoms with van der Waals surface area (Å²) < 4.78 is 20.7. The van der Waals surface area contributed by atoms with Gasteiger partial charge in [0.2, 0.25) is 5.91 Å². The number of hydrogen-bond acceptors (Lipinski definition) is 8. The van der Waals surface area contributed by atoms with Crippen LogP contribution in [0.4, 0.5) is 10.2 Å². The van der Waals surface area contributed by atoms with E-state index < -0.39 is 5.54 Å². The number of rotatable bonds is 6. The predicted octanol–water partition coefficient (Wildman–Crippen LogP) is 2.53. The number of primary amides is 1. The Labute approximate surface area is 226 Å². The molecule has 5 heterocycles.